The second-order valence-electron chi connectivity index (χ2n) is 7.26. The number of benzene rings is 3. The van der Waals surface area contributed by atoms with E-state index in [1.54, 1.807) is 49.4 Å². The van der Waals surface area contributed by atoms with Gasteiger partial charge in [-0.25, -0.2) is 8.42 Å². The molecule has 0 aromatic heterocycles. The van der Waals surface area contributed by atoms with E-state index in [0.717, 1.165) is 5.56 Å². The van der Waals surface area contributed by atoms with Crippen molar-refractivity contribution in [2.24, 2.45) is 0 Å². The van der Waals surface area contributed by atoms with Gasteiger partial charge in [0, 0.05) is 23.0 Å². The summed E-state index contributed by atoms with van der Waals surface area (Å²) in [7, 11) is -3.86. The molecule has 1 amide bonds. The highest BCUT2D eigenvalue weighted by Gasteiger charge is 2.20. The van der Waals surface area contributed by atoms with Crippen LogP contribution in [0.5, 0.6) is 11.5 Å². The van der Waals surface area contributed by atoms with E-state index >= 15 is 0 Å². The van der Waals surface area contributed by atoms with Crippen LogP contribution in [0.1, 0.15) is 21.5 Å². The standard InChI is InChI=1S/C23H22N2O5S/c1-15-3-7-18(8-4-15)25-31(27,28)22-13-17(6-5-16(22)2)23(26)24-19-9-10-20-21(14-19)30-12-11-29-20/h3-10,13-14,25H,11-12H2,1-2H3,(H,24,26). The first-order valence-electron chi connectivity index (χ1n) is 9.73. The fourth-order valence-corrected chi connectivity index (χ4v) is 4.52. The van der Waals surface area contributed by atoms with E-state index in [0.29, 0.717) is 41.7 Å². The molecule has 0 bridgehead atoms. The van der Waals surface area contributed by atoms with Gasteiger partial charge in [-0.3, -0.25) is 9.52 Å². The summed E-state index contributed by atoms with van der Waals surface area (Å²) in [6, 6.07) is 16.7. The van der Waals surface area contributed by atoms with Crippen molar-refractivity contribution in [3.63, 3.8) is 0 Å². The van der Waals surface area contributed by atoms with Crippen molar-refractivity contribution in [3.05, 3.63) is 77.4 Å². The van der Waals surface area contributed by atoms with Gasteiger partial charge in [-0.2, -0.15) is 0 Å². The van der Waals surface area contributed by atoms with Gasteiger partial charge < -0.3 is 14.8 Å². The second-order valence-corrected chi connectivity index (χ2v) is 8.92. The summed E-state index contributed by atoms with van der Waals surface area (Å²) >= 11 is 0. The van der Waals surface area contributed by atoms with Crippen molar-refractivity contribution in [1.29, 1.82) is 0 Å². The number of hydrogen-bond acceptors (Lipinski definition) is 5. The molecule has 7 nitrogen and oxygen atoms in total. The molecule has 0 radical (unpaired) electrons. The highest BCUT2D eigenvalue weighted by Crippen LogP contribution is 2.32. The van der Waals surface area contributed by atoms with Crippen LogP contribution in [0.3, 0.4) is 0 Å². The predicted molar refractivity (Wildman–Crippen MR) is 119 cm³/mol. The molecule has 1 aliphatic rings. The van der Waals surface area contributed by atoms with Crippen LogP contribution in [0.4, 0.5) is 11.4 Å². The normalized spacial score (nSPS) is 12.8. The molecule has 0 atom stereocenters. The highest BCUT2D eigenvalue weighted by molar-refractivity contribution is 7.92. The molecule has 0 aliphatic carbocycles. The number of aryl methyl sites for hydroxylation is 2. The van der Waals surface area contributed by atoms with Crippen LogP contribution in [0.2, 0.25) is 0 Å². The van der Waals surface area contributed by atoms with Crippen LogP contribution in [0.25, 0.3) is 0 Å². The fraction of sp³-hybridized carbons (Fsp3) is 0.174. The largest absolute Gasteiger partial charge is 0.486 e. The van der Waals surface area contributed by atoms with E-state index in [4.69, 9.17) is 9.47 Å². The van der Waals surface area contributed by atoms with Gasteiger partial charge in [-0.1, -0.05) is 23.8 Å². The minimum Gasteiger partial charge on any atom is -0.486 e. The molecule has 2 N–H and O–H groups in total. The molecular weight excluding hydrogens is 416 g/mol. The highest BCUT2D eigenvalue weighted by atomic mass is 32.2. The Balaban J connectivity index is 1.56. The molecule has 0 saturated carbocycles. The summed E-state index contributed by atoms with van der Waals surface area (Å²) in [6.45, 7) is 4.53. The first-order valence-corrected chi connectivity index (χ1v) is 11.2. The number of rotatable bonds is 5. The van der Waals surface area contributed by atoms with Gasteiger partial charge in [0.1, 0.15) is 13.2 Å². The second kappa shape index (κ2) is 8.31. The van der Waals surface area contributed by atoms with Crippen molar-refractivity contribution in [2.75, 3.05) is 23.3 Å². The third-order valence-electron chi connectivity index (χ3n) is 4.84. The van der Waals surface area contributed by atoms with Gasteiger partial charge >= 0.3 is 0 Å². The van der Waals surface area contributed by atoms with E-state index in [1.165, 1.54) is 6.07 Å². The average Bonchev–Trinajstić information content (AvgIpc) is 2.75. The van der Waals surface area contributed by atoms with Crippen LogP contribution >= 0.6 is 0 Å². The first-order chi connectivity index (χ1) is 14.8. The molecule has 3 aromatic carbocycles. The zero-order valence-electron chi connectivity index (χ0n) is 17.1. The summed E-state index contributed by atoms with van der Waals surface area (Å²) in [4.78, 5) is 12.8. The van der Waals surface area contributed by atoms with Gasteiger partial charge in [0.15, 0.2) is 11.5 Å². The monoisotopic (exact) mass is 438 g/mol. The number of carbonyl (C=O) groups is 1. The molecule has 4 rings (SSSR count). The number of sulfonamides is 1. The van der Waals surface area contributed by atoms with Crippen molar-refractivity contribution in [2.45, 2.75) is 18.7 Å². The van der Waals surface area contributed by atoms with E-state index in [2.05, 4.69) is 10.0 Å². The van der Waals surface area contributed by atoms with Crippen molar-refractivity contribution < 1.29 is 22.7 Å². The SMILES string of the molecule is Cc1ccc(NS(=O)(=O)c2cc(C(=O)Nc3ccc4c(c3)OCCO4)ccc2C)cc1. The van der Waals surface area contributed by atoms with Crippen molar-refractivity contribution in [3.8, 4) is 11.5 Å². The number of fused-ring (bicyclic) bond motifs is 1. The molecule has 0 spiro atoms. The zero-order chi connectivity index (χ0) is 22.0. The Hall–Kier alpha value is -3.52. The Morgan fingerprint density at radius 1 is 0.839 bits per heavy atom. The minimum atomic E-state index is -3.86. The third-order valence-corrected chi connectivity index (χ3v) is 6.37. The lowest BCUT2D eigenvalue weighted by Gasteiger charge is -2.19. The van der Waals surface area contributed by atoms with Crippen LogP contribution in [-0.2, 0) is 10.0 Å². The van der Waals surface area contributed by atoms with Crippen molar-refractivity contribution in [1.82, 2.24) is 0 Å². The molecule has 160 valence electrons. The fourth-order valence-electron chi connectivity index (χ4n) is 3.19. The maximum absolute atomic E-state index is 12.9. The Kier molecular flexibility index (Phi) is 5.56. The van der Waals surface area contributed by atoms with Crippen LogP contribution in [0, 0.1) is 13.8 Å². The molecule has 1 aliphatic heterocycles. The molecule has 3 aromatic rings. The molecule has 8 heteroatoms. The quantitative estimate of drug-likeness (QED) is 0.625. The summed E-state index contributed by atoms with van der Waals surface area (Å²) in [5, 5.41) is 2.77. The topological polar surface area (TPSA) is 93.7 Å². The first kappa shape index (κ1) is 20.7. The Morgan fingerprint density at radius 2 is 1.52 bits per heavy atom. The minimum absolute atomic E-state index is 0.0444. The van der Waals surface area contributed by atoms with Crippen LogP contribution < -0.4 is 19.5 Å². The molecule has 1 heterocycles. The maximum atomic E-state index is 12.9. The molecule has 0 saturated heterocycles. The van der Waals surface area contributed by atoms with Crippen LogP contribution in [0.15, 0.2) is 65.6 Å². The Morgan fingerprint density at radius 3 is 2.26 bits per heavy atom. The third kappa shape index (κ3) is 4.64. The molecule has 0 fully saturated rings. The van der Waals surface area contributed by atoms with Gasteiger partial charge in [-0.15, -0.1) is 0 Å². The van der Waals surface area contributed by atoms with Gasteiger partial charge in [0.25, 0.3) is 15.9 Å². The summed E-state index contributed by atoms with van der Waals surface area (Å²) in [6.07, 6.45) is 0. The number of amides is 1. The Bertz CT molecular complexity index is 1240. The van der Waals surface area contributed by atoms with Gasteiger partial charge in [0.05, 0.1) is 4.90 Å². The summed E-state index contributed by atoms with van der Waals surface area (Å²) in [5.41, 5.74) is 2.77. The van der Waals surface area contributed by atoms with E-state index in [-0.39, 0.29) is 10.5 Å². The summed E-state index contributed by atoms with van der Waals surface area (Å²) < 4.78 is 39.4. The number of carbonyl (C=O) groups excluding carboxylic acids is 1. The average molecular weight is 439 g/mol. The van der Waals surface area contributed by atoms with Crippen LogP contribution in [-0.4, -0.2) is 27.5 Å². The molecule has 31 heavy (non-hydrogen) atoms. The number of hydrogen-bond donors (Lipinski definition) is 2. The van der Waals surface area contributed by atoms with Crippen molar-refractivity contribution >= 4 is 27.3 Å². The van der Waals surface area contributed by atoms with Gasteiger partial charge in [-0.05, 0) is 55.8 Å². The zero-order valence-corrected chi connectivity index (χ0v) is 18.0. The lowest BCUT2D eigenvalue weighted by molar-refractivity contribution is 0.102. The lowest BCUT2D eigenvalue weighted by Crippen LogP contribution is -2.18. The molecule has 0 unspecified atom stereocenters. The lowest BCUT2D eigenvalue weighted by atomic mass is 10.1. The Labute approximate surface area is 181 Å². The maximum Gasteiger partial charge on any atom is 0.262 e. The van der Waals surface area contributed by atoms with E-state index in [1.807, 2.05) is 19.1 Å². The van der Waals surface area contributed by atoms with Gasteiger partial charge in [0.2, 0.25) is 0 Å². The number of nitrogens with one attached hydrogen (secondary N) is 2. The van der Waals surface area contributed by atoms with E-state index < -0.39 is 15.9 Å². The predicted octanol–water partition coefficient (Wildman–Crippen LogP) is 4.13. The number of anilines is 2. The smallest absolute Gasteiger partial charge is 0.262 e. The number of ether oxygens (including phenoxy) is 2. The summed E-state index contributed by atoms with van der Waals surface area (Å²) in [5.74, 6) is 0.747. The van der Waals surface area contributed by atoms with E-state index in [9.17, 15) is 13.2 Å². The molecular formula is C23H22N2O5S.